The van der Waals surface area contributed by atoms with E-state index in [4.69, 9.17) is 22.1 Å². The van der Waals surface area contributed by atoms with E-state index in [0.29, 0.717) is 38.3 Å². The molecular formula is C20H24ClF3N4O3S2. The number of nitrogens with zero attached hydrogens (tertiary/aromatic N) is 1. The third-order valence-corrected chi connectivity index (χ3v) is 7.57. The maximum absolute atomic E-state index is 13.1. The van der Waals surface area contributed by atoms with Crippen molar-refractivity contribution in [2.45, 2.75) is 30.0 Å². The second kappa shape index (κ2) is 11.7. The summed E-state index contributed by atoms with van der Waals surface area (Å²) < 4.78 is 44.9. The van der Waals surface area contributed by atoms with Crippen molar-refractivity contribution in [2.24, 2.45) is 5.73 Å². The number of carbonyl (C=O) groups excluding carboxylic acids is 2. The van der Waals surface area contributed by atoms with E-state index in [1.54, 1.807) is 6.07 Å². The van der Waals surface area contributed by atoms with Crippen LogP contribution in [-0.4, -0.2) is 59.5 Å². The van der Waals surface area contributed by atoms with Crippen LogP contribution in [0.3, 0.4) is 0 Å². The van der Waals surface area contributed by atoms with Gasteiger partial charge in [-0.05, 0) is 23.1 Å². The number of hydrogen-bond donors (Lipinski definition) is 3. The van der Waals surface area contributed by atoms with Crippen molar-refractivity contribution in [1.82, 2.24) is 15.5 Å². The van der Waals surface area contributed by atoms with E-state index in [1.165, 1.54) is 29.6 Å². The highest BCUT2D eigenvalue weighted by molar-refractivity contribution is 8.18. The van der Waals surface area contributed by atoms with Crippen molar-refractivity contribution in [2.75, 3.05) is 32.0 Å². The highest BCUT2D eigenvalue weighted by atomic mass is 35.5. The largest absolute Gasteiger partial charge is 0.417 e. The van der Waals surface area contributed by atoms with Gasteiger partial charge in [0.1, 0.15) is 4.71 Å². The molecule has 2 amide bonds. The van der Waals surface area contributed by atoms with Gasteiger partial charge in [-0.25, -0.2) is 0 Å². The molecule has 0 spiro atoms. The van der Waals surface area contributed by atoms with E-state index >= 15 is 0 Å². The molecule has 33 heavy (non-hydrogen) atoms. The molecule has 2 heterocycles. The van der Waals surface area contributed by atoms with Crippen molar-refractivity contribution in [3.63, 3.8) is 0 Å². The van der Waals surface area contributed by atoms with Crippen LogP contribution < -0.4 is 16.4 Å². The Morgan fingerprint density at radius 3 is 2.91 bits per heavy atom. The summed E-state index contributed by atoms with van der Waals surface area (Å²) in [5.74, 6) is -0.348. The number of thioether (sulfide) groups is 2. The molecule has 1 aromatic rings. The second-order valence-electron chi connectivity index (χ2n) is 7.55. The van der Waals surface area contributed by atoms with Crippen LogP contribution >= 0.6 is 35.1 Å². The number of rotatable bonds is 9. The lowest BCUT2D eigenvalue weighted by Gasteiger charge is -2.33. The highest BCUT2D eigenvalue weighted by Crippen LogP contribution is 2.35. The Morgan fingerprint density at radius 1 is 1.39 bits per heavy atom. The summed E-state index contributed by atoms with van der Waals surface area (Å²) in [6, 6.07) is 3.92. The van der Waals surface area contributed by atoms with Gasteiger partial charge in [0.25, 0.3) is 0 Å². The molecule has 0 bridgehead atoms. The summed E-state index contributed by atoms with van der Waals surface area (Å²) in [5, 5.41) is 7.46. The molecule has 0 aliphatic carbocycles. The molecule has 0 radical (unpaired) electrons. The Bertz CT molecular complexity index is 904. The Hall–Kier alpha value is -1.60. The van der Waals surface area contributed by atoms with Gasteiger partial charge in [0.2, 0.25) is 11.8 Å². The minimum atomic E-state index is -4.51. The van der Waals surface area contributed by atoms with Crippen molar-refractivity contribution in [1.29, 1.82) is 0 Å². The van der Waals surface area contributed by atoms with Crippen LogP contribution in [0, 0.1) is 0 Å². The first kappa shape index (κ1) is 26.0. The monoisotopic (exact) mass is 524 g/mol. The minimum Gasteiger partial charge on any atom is -0.374 e. The van der Waals surface area contributed by atoms with Crippen LogP contribution in [0.4, 0.5) is 13.2 Å². The predicted octanol–water partition coefficient (Wildman–Crippen LogP) is 2.75. The number of benzene rings is 1. The Labute approximate surface area is 203 Å². The summed E-state index contributed by atoms with van der Waals surface area (Å²) in [5.41, 5.74) is 5.58. The van der Waals surface area contributed by atoms with Gasteiger partial charge in [0, 0.05) is 31.9 Å². The van der Waals surface area contributed by atoms with Crippen LogP contribution in [0.25, 0.3) is 0 Å². The summed E-state index contributed by atoms with van der Waals surface area (Å²) in [6.07, 6.45) is -4.63. The molecule has 1 fully saturated rings. The molecule has 2 aliphatic rings. The number of carbonyl (C=O) groups is 2. The van der Waals surface area contributed by atoms with Crippen LogP contribution in [0.2, 0.25) is 5.02 Å². The highest BCUT2D eigenvalue weighted by Gasteiger charge is 2.33. The van der Waals surface area contributed by atoms with Gasteiger partial charge in [0.15, 0.2) is 0 Å². The van der Waals surface area contributed by atoms with Gasteiger partial charge in [-0.2, -0.15) is 13.2 Å². The lowest BCUT2D eigenvalue weighted by atomic mass is 10.1. The first-order chi connectivity index (χ1) is 15.6. The number of morpholine rings is 1. The molecule has 7 nitrogen and oxygen atoms in total. The first-order valence-electron chi connectivity index (χ1n) is 10.1. The topological polar surface area (TPSA) is 96.7 Å². The lowest BCUT2D eigenvalue weighted by Crippen LogP contribution is -2.47. The van der Waals surface area contributed by atoms with E-state index in [1.807, 2.05) is 10.3 Å². The van der Waals surface area contributed by atoms with Crippen LogP contribution in [0.5, 0.6) is 0 Å². The van der Waals surface area contributed by atoms with Gasteiger partial charge in [-0.1, -0.05) is 29.4 Å². The molecule has 0 aromatic heterocycles. The third-order valence-electron chi connectivity index (χ3n) is 4.86. The molecule has 1 unspecified atom stereocenters. The van der Waals surface area contributed by atoms with Crippen LogP contribution in [-0.2, 0) is 27.0 Å². The lowest BCUT2D eigenvalue weighted by molar-refractivity contribution is -0.137. The zero-order valence-electron chi connectivity index (χ0n) is 17.5. The maximum Gasteiger partial charge on any atom is 0.417 e. The number of nitrogens with two attached hydrogens (primary N) is 1. The zero-order valence-corrected chi connectivity index (χ0v) is 19.9. The minimum absolute atomic E-state index is 0.0625. The molecule has 13 heteroatoms. The number of amides is 2. The quantitative estimate of drug-likeness (QED) is 0.457. The number of hydrogen-bond acceptors (Lipinski definition) is 7. The van der Waals surface area contributed by atoms with E-state index in [9.17, 15) is 22.8 Å². The summed E-state index contributed by atoms with van der Waals surface area (Å²) in [6.45, 7) is 2.12. The summed E-state index contributed by atoms with van der Waals surface area (Å²) in [4.78, 5) is 25.1. The molecule has 3 rings (SSSR count). The first-order valence-corrected chi connectivity index (χ1v) is 12.4. The third kappa shape index (κ3) is 8.29. The fraction of sp³-hybridized carbons (Fsp3) is 0.500. The average Bonchev–Trinajstić information content (AvgIpc) is 3.18. The van der Waals surface area contributed by atoms with E-state index in [2.05, 4.69) is 10.6 Å². The van der Waals surface area contributed by atoms with Crippen molar-refractivity contribution < 1.29 is 27.5 Å². The second-order valence-corrected chi connectivity index (χ2v) is 10.3. The fourth-order valence-electron chi connectivity index (χ4n) is 3.35. The number of alkyl halides is 3. The normalized spacial score (nSPS) is 21.4. The molecule has 2 atom stereocenters. The van der Waals surface area contributed by atoms with Gasteiger partial charge >= 0.3 is 6.18 Å². The number of primary amides is 1. The van der Waals surface area contributed by atoms with Crippen LogP contribution in [0.15, 0.2) is 29.3 Å². The summed E-state index contributed by atoms with van der Waals surface area (Å²) in [7, 11) is 0. The van der Waals surface area contributed by atoms with E-state index < -0.39 is 17.6 Å². The van der Waals surface area contributed by atoms with Crippen molar-refractivity contribution >= 4 is 46.9 Å². The fourth-order valence-corrected chi connectivity index (χ4v) is 5.56. The SMILES string of the molecule is NC(=O)CC1=CSC(SCC(=O)NC[C@H]2CN(Cc3ccc(Cl)c(C(F)(F)F)c3)CCO2)N1. The Kier molecular flexibility index (Phi) is 9.22. The molecule has 2 aliphatic heterocycles. The van der Waals surface area contributed by atoms with Crippen molar-refractivity contribution in [3.8, 4) is 0 Å². The smallest absolute Gasteiger partial charge is 0.374 e. The summed E-state index contributed by atoms with van der Waals surface area (Å²) >= 11 is 8.56. The Balaban J connectivity index is 1.40. The van der Waals surface area contributed by atoms with E-state index in [0.717, 1.165) is 11.8 Å². The van der Waals surface area contributed by atoms with Gasteiger partial charge in [-0.3, -0.25) is 14.5 Å². The van der Waals surface area contributed by atoms with Gasteiger partial charge < -0.3 is 21.1 Å². The number of halogens is 4. The number of ether oxygens (including phenoxy) is 1. The number of nitrogens with one attached hydrogen (secondary N) is 2. The van der Waals surface area contributed by atoms with E-state index in [-0.39, 0.29) is 33.9 Å². The molecular weight excluding hydrogens is 501 g/mol. The van der Waals surface area contributed by atoms with Gasteiger partial charge in [0.05, 0.1) is 35.5 Å². The molecule has 4 N–H and O–H groups in total. The molecule has 1 aromatic carbocycles. The maximum atomic E-state index is 13.1. The average molecular weight is 525 g/mol. The molecule has 0 saturated carbocycles. The molecule has 1 saturated heterocycles. The Morgan fingerprint density at radius 2 is 2.18 bits per heavy atom. The molecule has 182 valence electrons. The predicted molar refractivity (Wildman–Crippen MR) is 123 cm³/mol. The van der Waals surface area contributed by atoms with Crippen molar-refractivity contribution in [3.05, 3.63) is 45.5 Å². The standard InChI is InChI=1S/C20H24ClF3N4O3S2/c21-16-2-1-12(5-15(16)20(22,23)24)8-28-3-4-31-14(9-28)7-26-18(30)11-33-19-27-13(10-32-19)6-17(25)29/h1-2,5,10,14,19,27H,3-4,6-9,11H2,(H2,25,29)(H,26,30)/t14-,19?/m0/s1. The van der Waals surface area contributed by atoms with Crippen LogP contribution in [0.1, 0.15) is 17.5 Å². The van der Waals surface area contributed by atoms with Gasteiger partial charge in [-0.15, -0.1) is 11.8 Å². The zero-order chi connectivity index (χ0) is 24.0.